The van der Waals surface area contributed by atoms with E-state index >= 15 is 0 Å². The molecule has 254 valence electrons. The van der Waals surface area contributed by atoms with E-state index in [-0.39, 0.29) is 17.0 Å². The largest absolute Gasteiger partial charge is 0.481 e. The van der Waals surface area contributed by atoms with Gasteiger partial charge in [-0.2, -0.15) is 13.2 Å². The van der Waals surface area contributed by atoms with Crippen molar-refractivity contribution in [2.75, 3.05) is 13.2 Å². The highest BCUT2D eigenvalue weighted by Crippen LogP contribution is 2.35. The Hall–Kier alpha value is -2.33. The van der Waals surface area contributed by atoms with Crippen molar-refractivity contribution in [2.45, 2.75) is 152 Å². The van der Waals surface area contributed by atoms with E-state index in [1.165, 1.54) is 32.1 Å². The van der Waals surface area contributed by atoms with Gasteiger partial charge in [-0.05, 0) is 92.9 Å². The van der Waals surface area contributed by atoms with Gasteiger partial charge in [-0.25, -0.2) is 4.79 Å². The standard InChI is InChI=1S/C16H30O2.C10H15F3O4.C6H12O2/c1-5-15(3,4)14(17)18-16(6-2)12-10-8-7-9-11-13-16;1-4-9(2,3)8(15)16-5-7(14)17-6-10(11,12)13;1-4-6(2,3)5(7)8/h5-13H2,1-4H3;4-6H2,1-3H3;4H2,1-3H3,(H,7,8). The van der Waals surface area contributed by atoms with Crippen LogP contribution in [0.1, 0.15) is 140 Å². The molecule has 0 amide bonds. The molecular formula is C32H57F3O8. The molecule has 11 heteroatoms. The number of carboxylic acids is 1. The molecule has 1 saturated carbocycles. The molecular weight excluding hydrogens is 569 g/mol. The second kappa shape index (κ2) is 19.1. The van der Waals surface area contributed by atoms with Crippen molar-refractivity contribution in [1.29, 1.82) is 0 Å². The summed E-state index contributed by atoms with van der Waals surface area (Å²) >= 11 is 0. The molecule has 0 saturated heterocycles. The number of alkyl halides is 3. The Morgan fingerprint density at radius 2 is 1.09 bits per heavy atom. The first-order chi connectivity index (χ1) is 19.5. The molecule has 0 atom stereocenters. The van der Waals surface area contributed by atoms with Crippen LogP contribution in [-0.2, 0) is 33.4 Å². The van der Waals surface area contributed by atoms with Gasteiger partial charge in [-0.15, -0.1) is 0 Å². The molecule has 0 spiro atoms. The Kier molecular flexibility index (Phi) is 19.1. The number of aliphatic carboxylic acids is 1. The van der Waals surface area contributed by atoms with Crippen LogP contribution in [0, 0.1) is 16.2 Å². The molecule has 0 aromatic carbocycles. The van der Waals surface area contributed by atoms with Gasteiger partial charge in [0.2, 0.25) is 0 Å². The Balaban J connectivity index is 0. The van der Waals surface area contributed by atoms with Gasteiger partial charge in [0.25, 0.3) is 0 Å². The first-order valence-corrected chi connectivity index (χ1v) is 15.4. The van der Waals surface area contributed by atoms with E-state index in [9.17, 15) is 32.3 Å². The molecule has 0 radical (unpaired) electrons. The second-order valence-corrected chi connectivity index (χ2v) is 13.1. The predicted octanol–water partition coefficient (Wildman–Crippen LogP) is 8.44. The van der Waals surface area contributed by atoms with Gasteiger partial charge in [0.1, 0.15) is 5.60 Å². The Bertz CT molecular complexity index is 855. The Morgan fingerprint density at radius 1 is 0.674 bits per heavy atom. The fourth-order valence-corrected chi connectivity index (χ4v) is 3.38. The summed E-state index contributed by atoms with van der Waals surface area (Å²) in [5, 5.41) is 8.44. The lowest BCUT2D eigenvalue weighted by molar-refractivity contribution is -0.190. The highest BCUT2D eigenvalue weighted by molar-refractivity contribution is 5.79. The number of halogens is 3. The normalized spacial score (nSPS) is 15.7. The smallest absolute Gasteiger partial charge is 0.422 e. The van der Waals surface area contributed by atoms with Crippen LogP contribution in [0.4, 0.5) is 13.2 Å². The van der Waals surface area contributed by atoms with Crippen LogP contribution in [0.3, 0.4) is 0 Å². The lowest BCUT2D eigenvalue weighted by Crippen LogP contribution is -2.40. The van der Waals surface area contributed by atoms with Gasteiger partial charge in [0.05, 0.1) is 16.2 Å². The zero-order valence-corrected chi connectivity index (χ0v) is 28.1. The zero-order chi connectivity index (χ0) is 34.1. The monoisotopic (exact) mass is 626 g/mol. The minimum Gasteiger partial charge on any atom is -0.481 e. The number of hydrogen-bond donors (Lipinski definition) is 1. The van der Waals surface area contributed by atoms with E-state index in [4.69, 9.17) is 9.84 Å². The summed E-state index contributed by atoms with van der Waals surface area (Å²) in [6.07, 6.45) is 6.81. The molecule has 1 aliphatic carbocycles. The lowest BCUT2D eigenvalue weighted by atomic mass is 9.83. The molecule has 1 N–H and O–H groups in total. The molecule has 0 aromatic heterocycles. The first kappa shape index (κ1) is 42.8. The zero-order valence-electron chi connectivity index (χ0n) is 28.1. The maximum absolute atomic E-state index is 12.3. The van der Waals surface area contributed by atoms with Crippen LogP contribution < -0.4 is 0 Å². The molecule has 0 bridgehead atoms. The maximum Gasteiger partial charge on any atom is 0.422 e. The minimum absolute atomic E-state index is 0.00702. The number of esters is 3. The molecule has 43 heavy (non-hydrogen) atoms. The van der Waals surface area contributed by atoms with Gasteiger partial charge < -0.3 is 19.3 Å². The molecule has 8 nitrogen and oxygen atoms in total. The van der Waals surface area contributed by atoms with Crippen LogP contribution >= 0.6 is 0 Å². The van der Waals surface area contributed by atoms with Crippen LogP contribution in [0.2, 0.25) is 0 Å². The highest BCUT2D eigenvalue weighted by Gasteiger charge is 2.37. The number of carbonyl (C=O) groups is 4. The number of carboxylic acid groups (broad SMARTS) is 1. The predicted molar refractivity (Wildman–Crippen MR) is 159 cm³/mol. The fraction of sp³-hybridized carbons (Fsp3) is 0.875. The van der Waals surface area contributed by atoms with Crippen molar-refractivity contribution in [3.05, 3.63) is 0 Å². The third-order valence-electron chi connectivity index (χ3n) is 8.27. The molecule has 0 aliphatic heterocycles. The summed E-state index contributed by atoms with van der Waals surface area (Å²) in [5.41, 5.74) is -1.83. The number of ether oxygens (including phenoxy) is 3. The average molecular weight is 627 g/mol. The summed E-state index contributed by atoms with van der Waals surface area (Å²) in [6, 6.07) is 0. The van der Waals surface area contributed by atoms with Crippen LogP contribution in [-0.4, -0.2) is 54.0 Å². The maximum atomic E-state index is 12.3. The quantitative estimate of drug-likeness (QED) is 0.179. The van der Waals surface area contributed by atoms with Gasteiger partial charge >= 0.3 is 30.1 Å². The van der Waals surface area contributed by atoms with Crippen molar-refractivity contribution in [1.82, 2.24) is 0 Å². The average Bonchev–Trinajstić information content (AvgIpc) is 2.92. The third kappa shape index (κ3) is 18.2. The SMILES string of the molecule is CCC(C)(C)C(=O)O.CCC(C)(C)C(=O)OCC(=O)OCC(F)(F)F.CCC1(OC(=O)C(C)(C)CC)CCCCCCC1. The topological polar surface area (TPSA) is 116 Å². The summed E-state index contributed by atoms with van der Waals surface area (Å²) in [6.45, 7) is 16.0. The summed E-state index contributed by atoms with van der Waals surface area (Å²) < 4.78 is 49.4. The van der Waals surface area contributed by atoms with Crippen LogP contribution in [0.15, 0.2) is 0 Å². The molecule has 1 fully saturated rings. The number of hydrogen-bond acceptors (Lipinski definition) is 7. The summed E-state index contributed by atoms with van der Waals surface area (Å²) in [7, 11) is 0. The van der Waals surface area contributed by atoms with Gasteiger partial charge in [0.15, 0.2) is 13.2 Å². The first-order valence-electron chi connectivity index (χ1n) is 15.4. The molecule has 0 heterocycles. The molecule has 0 aromatic rings. The highest BCUT2D eigenvalue weighted by atomic mass is 19.4. The molecule has 1 aliphatic rings. The molecule has 1 rings (SSSR count). The Morgan fingerprint density at radius 3 is 1.44 bits per heavy atom. The van der Waals surface area contributed by atoms with Crippen LogP contribution in [0.25, 0.3) is 0 Å². The van der Waals surface area contributed by atoms with E-state index < -0.39 is 48.1 Å². The van der Waals surface area contributed by atoms with E-state index in [0.717, 1.165) is 25.7 Å². The summed E-state index contributed by atoms with van der Waals surface area (Å²) in [5.74, 6) is -2.60. The van der Waals surface area contributed by atoms with E-state index in [1.807, 2.05) is 20.8 Å². The van der Waals surface area contributed by atoms with Gasteiger partial charge in [-0.1, -0.05) is 47.0 Å². The van der Waals surface area contributed by atoms with Crippen molar-refractivity contribution in [3.8, 4) is 0 Å². The van der Waals surface area contributed by atoms with Crippen LogP contribution in [0.5, 0.6) is 0 Å². The van der Waals surface area contributed by atoms with Crippen molar-refractivity contribution in [2.24, 2.45) is 16.2 Å². The van der Waals surface area contributed by atoms with E-state index in [2.05, 4.69) is 23.3 Å². The third-order valence-corrected chi connectivity index (χ3v) is 8.27. The Labute approximate surface area is 256 Å². The number of rotatable bonds is 11. The fourth-order valence-electron chi connectivity index (χ4n) is 3.38. The minimum atomic E-state index is -4.58. The second-order valence-electron chi connectivity index (χ2n) is 13.1. The summed E-state index contributed by atoms with van der Waals surface area (Å²) in [4.78, 5) is 44.7. The van der Waals surface area contributed by atoms with Crippen molar-refractivity contribution < 1.29 is 51.7 Å². The van der Waals surface area contributed by atoms with E-state index in [1.54, 1.807) is 34.6 Å². The van der Waals surface area contributed by atoms with Crippen molar-refractivity contribution >= 4 is 23.9 Å². The van der Waals surface area contributed by atoms with E-state index in [0.29, 0.717) is 12.8 Å². The number of carbonyl (C=O) groups excluding carboxylic acids is 3. The van der Waals surface area contributed by atoms with Crippen molar-refractivity contribution in [3.63, 3.8) is 0 Å². The van der Waals surface area contributed by atoms with Gasteiger partial charge in [-0.3, -0.25) is 14.4 Å². The lowest BCUT2D eigenvalue weighted by Gasteiger charge is -2.37. The van der Waals surface area contributed by atoms with Gasteiger partial charge in [0, 0.05) is 0 Å². The molecule has 0 unspecified atom stereocenters.